The highest BCUT2D eigenvalue weighted by molar-refractivity contribution is 5.69. The fourth-order valence-electron chi connectivity index (χ4n) is 12.1. The predicted molar refractivity (Wildman–Crippen MR) is 210 cm³/mol. The Balaban J connectivity index is 1.05. The molecule has 4 aliphatic carbocycles. The van der Waals surface area contributed by atoms with Crippen LogP contribution in [0, 0.1) is 46.3 Å². The number of allylic oxidation sites excluding steroid dienone is 2. The average molecular weight is 713 g/mol. The molecule has 0 aromatic heterocycles. The second kappa shape index (κ2) is 21.5. The number of carboxylic acid groups (broad SMARTS) is 1. The Morgan fingerprint density at radius 1 is 0.745 bits per heavy atom. The van der Waals surface area contributed by atoms with E-state index in [2.05, 4.69) is 39.8 Å². The van der Waals surface area contributed by atoms with Crippen molar-refractivity contribution in [1.82, 2.24) is 0 Å². The molecule has 0 heterocycles. The van der Waals surface area contributed by atoms with Crippen molar-refractivity contribution < 1.29 is 24.5 Å². The molecule has 4 aliphatic rings. The summed E-state index contributed by atoms with van der Waals surface area (Å²) in [4.78, 5) is 24.1. The third-order valence-electron chi connectivity index (χ3n) is 15.2. The summed E-state index contributed by atoms with van der Waals surface area (Å²) in [7, 11) is 0. The lowest BCUT2D eigenvalue weighted by Crippen LogP contribution is -2.59. The van der Waals surface area contributed by atoms with Gasteiger partial charge in [0.15, 0.2) is 0 Å². The van der Waals surface area contributed by atoms with Crippen molar-refractivity contribution >= 4 is 11.9 Å². The summed E-state index contributed by atoms with van der Waals surface area (Å²) in [5.74, 6) is 2.34. The first-order valence-electron chi connectivity index (χ1n) is 22.4. The van der Waals surface area contributed by atoms with E-state index in [4.69, 9.17) is 4.74 Å². The summed E-state index contributed by atoms with van der Waals surface area (Å²) in [5, 5.41) is 21.1. The van der Waals surface area contributed by atoms with Gasteiger partial charge in [0.1, 0.15) is 6.10 Å². The second-order valence-corrected chi connectivity index (χ2v) is 18.5. The molecule has 51 heavy (non-hydrogen) atoms. The lowest BCUT2D eigenvalue weighted by molar-refractivity contribution is -0.181. The molecule has 0 radical (unpaired) electrons. The van der Waals surface area contributed by atoms with E-state index in [9.17, 15) is 19.8 Å². The molecule has 4 rings (SSSR count). The number of carbonyl (C=O) groups excluding carboxylic acids is 1. The van der Waals surface area contributed by atoms with Crippen LogP contribution in [0.5, 0.6) is 0 Å². The van der Waals surface area contributed by atoms with Gasteiger partial charge in [-0.2, -0.15) is 0 Å². The van der Waals surface area contributed by atoms with Crippen molar-refractivity contribution in [2.45, 2.75) is 220 Å². The van der Waals surface area contributed by atoms with Gasteiger partial charge in [0.05, 0.1) is 6.10 Å². The molecule has 5 heteroatoms. The number of ether oxygens (including phenoxy) is 1. The van der Waals surface area contributed by atoms with Crippen LogP contribution in [0.15, 0.2) is 12.2 Å². The standard InChI is InChI=1S/C46H80O5/c1-5-6-7-8-9-10-11-12-13-14-15-16-17-18-19-20-21-22-23-24-44(50)51-37-31-32-45(3)36(33-37)26-27-38-40-29-28-39(35(2)25-30-43(48)49)46(40,4)42(47)34-41(38)45/h12-13,35-42,47H,5-11,14-34H2,1-4H3,(H,48,49)/b13-12-. The maximum absolute atomic E-state index is 12.8. The van der Waals surface area contributed by atoms with Crippen LogP contribution < -0.4 is 0 Å². The molecule has 0 aromatic carbocycles. The minimum absolute atomic E-state index is 0.0104. The van der Waals surface area contributed by atoms with Gasteiger partial charge in [0, 0.05) is 12.8 Å². The van der Waals surface area contributed by atoms with Crippen molar-refractivity contribution in [2.75, 3.05) is 0 Å². The summed E-state index contributed by atoms with van der Waals surface area (Å²) < 4.78 is 6.11. The minimum Gasteiger partial charge on any atom is -0.481 e. The van der Waals surface area contributed by atoms with Gasteiger partial charge in [-0.15, -0.1) is 0 Å². The maximum Gasteiger partial charge on any atom is 0.306 e. The fraction of sp³-hybridized carbons (Fsp3) is 0.913. The number of hydrogen-bond donors (Lipinski definition) is 2. The van der Waals surface area contributed by atoms with Gasteiger partial charge in [0.25, 0.3) is 0 Å². The highest BCUT2D eigenvalue weighted by atomic mass is 16.5. The third kappa shape index (κ3) is 11.8. The Morgan fingerprint density at radius 3 is 1.98 bits per heavy atom. The Morgan fingerprint density at radius 2 is 1.35 bits per heavy atom. The van der Waals surface area contributed by atoms with Crippen LogP contribution in [0.4, 0.5) is 0 Å². The summed E-state index contributed by atoms with van der Waals surface area (Å²) in [5.41, 5.74) is 0.115. The number of carbonyl (C=O) groups is 2. The molecule has 0 saturated heterocycles. The smallest absolute Gasteiger partial charge is 0.306 e. The normalized spacial score (nSPS) is 33.8. The Bertz CT molecular complexity index is 1050. The molecule has 2 N–H and O–H groups in total. The van der Waals surface area contributed by atoms with Crippen LogP contribution in [0.3, 0.4) is 0 Å². The summed E-state index contributed by atoms with van der Waals surface area (Å²) in [6.07, 6.45) is 36.9. The quantitative estimate of drug-likeness (QED) is 0.0591. The van der Waals surface area contributed by atoms with Gasteiger partial charge in [-0.25, -0.2) is 0 Å². The molecule has 4 fully saturated rings. The zero-order chi connectivity index (χ0) is 36.7. The number of rotatable bonds is 24. The van der Waals surface area contributed by atoms with Crippen LogP contribution in [0.1, 0.15) is 207 Å². The van der Waals surface area contributed by atoms with E-state index in [0.29, 0.717) is 48.3 Å². The number of carboxylic acids is 1. The predicted octanol–water partition coefficient (Wildman–Crippen LogP) is 12.6. The summed E-state index contributed by atoms with van der Waals surface area (Å²) in [6.45, 7) is 9.35. The molecular formula is C46H80O5. The summed E-state index contributed by atoms with van der Waals surface area (Å²) in [6, 6.07) is 0. The zero-order valence-corrected chi connectivity index (χ0v) is 33.7. The van der Waals surface area contributed by atoms with E-state index in [1.54, 1.807) is 0 Å². The third-order valence-corrected chi connectivity index (χ3v) is 15.2. The minimum atomic E-state index is -0.711. The van der Waals surface area contributed by atoms with E-state index in [1.807, 2.05) is 0 Å². The molecule has 5 nitrogen and oxygen atoms in total. The summed E-state index contributed by atoms with van der Waals surface area (Å²) >= 11 is 0. The van der Waals surface area contributed by atoms with E-state index in [1.165, 1.54) is 116 Å². The molecule has 10 unspecified atom stereocenters. The molecule has 0 amide bonds. The molecule has 4 saturated carbocycles. The first-order valence-corrected chi connectivity index (χ1v) is 22.4. The molecule has 294 valence electrons. The highest BCUT2D eigenvalue weighted by Crippen LogP contribution is 2.68. The van der Waals surface area contributed by atoms with E-state index in [-0.39, 0.29) is 35.4 Å². The highest BCUT2D eigenvalue weighted by Gasteiger charge is 2.63. The number of aliphatic hydroxyl groups is 1. The van der Waals surface area contributed by atoms with Gasteiger partial charge in [-0.05, 0) is 136 Å². The maximum atomic E-state index is 12.8. The zero-order valence-electron chi connectivity index (χ0n) is 33.7. The number of fused-ring (bicyclic) bond motifs is 5. The van der Waals surface area contributed by atoms with Crippen molar-refractivity contribution in [3.63, 3.8) is 0 Å². The van der Waals surface area contributed by atoms with Crippen molar-refractivity contribution in [1.29, 1.82) is 0 Å². The van der Waals surface area contributed by atoms with Crippen molar-refractivity contribution in [3.05, 3.63) is 12.2 Å². The van der Waals surface area contributed by atoms with Crippen molar-refractivity contribution in [2.24, 2.45) is 46.3 Å². The lowest BCUT2D eigenvalue weighted by Gasteiger charge is -2.62. The van der Waals surface area contributed by atoms with Gasteiger partial charge in [0.2, 0.25) is 0 Å². The first-order chi connectivity index (χ1) is 24.6. The Hall–Kier alpha value is -1.36. The molecular weight excluding hydrogens is 633 g/mol. The second-order valence-electron chi connectivity index (χ2n) is 18.5. The van der Waals surface area contributed by atoms with Gasteiger partial charge in [-0.1, -0.05) is 117 Å². The monoisotopic (exact) mass is 713 g/mol. The SMILES string of the molecule is CCCCCCCC/C=C\CCCCCCCCCCCC(=O)OC1CCC2(C)C(CCC3C2CC(O)C2(C)C(C(C)CCC(=O)O)CCC32)C1. The van der Waals surface area contributed by atoms with E-state index >= 15 is 0 Å². The van der Waals surface area contributed by atoms with Crippen LogP contribution in [-0.4, -0.2) is 34.4 Å². The fourth-order valence-corrected chi connectivity index (χ4v) is 12.1. The number of unbranched alkanes of at least 4 members (excludes halogenated alkanes) is 15. The number of hydrogen-bond acceptors (Lipinski definition) is 4. The van der Waals surface area contributed by atoms with E-state index < -0.39 is 5.97 Å². The number of aliphatic hydroxyl groups excluding tert-OH is 1. The molecule has 0 spiro atoms. The van der Waals surface area contributed by atoms with Crippen LogP contribution in [0.2, 0.25) is 0 Å². The van der Waals surface area contributed by atoms with Crippen molar-refractivity contribution in [3.8, 4) is 0 Å². The Kier molecular flexibility index (Phi) is 17.9. The first kappa shape index (κ1) is 42.4. The van der Waals surface area contributed by atoms with Crippen LogP contribution in [-0.2, 0) is 14.3 Å². The molecule has 10 atom stereocenters. The van der Waals surface area contributed by atoms with E-state index in [0.717, 1.165) is 44.9 Å². The molecule has 0 aromatic rings. The molecule has 0 aliphatic heterocycles. The number of esters is 1. The van der Waals surface area contributed by atoms with Crippen LogP contribution in [0.25, 0.3) is 0 Å². The lowest BCUT2D eigenvalue weighted by atomic mass is 9.43. The van der Waals surface area contributed by atoms with Gasteiger partial charge in [-0.3, -0.25) is 9.59 Å². The van der Waals surface area contributed by atoms with Gasteiger partial charge >= 0.3 is 11.9 Å². The molecule has 0 bridgehead atoms. The topological polar surface area (TPSA) is 83.8 Å². The van der Waals surface area contributed by atoms with Crippen LogP contribution >= 0.6 is 0 Å². The Labute approximate surface area is 313 Å². The largest absolute Gasteiger partial charge is 0.481 e. The van der Waals surface area contributed by atoms with Gasteiger partial charge < -0.3 is 14.9 Å². The number of aliphatic carboxylic acids is 1. The average Bonchev–Trinajstić information content (AvgIpc) is 3.47.